The quantitative estimate of drug-likeness (QED) is 0.871. The minimum Gasteiger partial charge on any atom is -0.497 e. The van der Waals surface area contributed by atoms with E-state index in [4.69, 9.17) is 9.84 Å². The number of hydrogen-bond donors (Lipinski definition) is 2. The van der Waals surface area contributed by atoms with E-state index in [0.717, 1.165) is 0 Å². The van der Waals surface area contributed by atoms with E-state index in [2.05, 4.69) is 4.98 Å². The van der Waals surface area contributed by atoms with E-state index >= 15 is 0 Å². The molecular weight excluding hydrogens is 251 g/mol. The van der Waals surface area contributed by atoms with Crippen molar-refractivity contribution in [3.63, 3.8) is 0 Å². The number of carbonyl (C=O) groups is 1. The van der Waals surface area contributed by atoms with E-state index < -0.39 is 23.4 Å². The summed E-state index contributed by atoms with van der Waals surface area (Å²) in [6.07, 6.45) is -4.75. The number of nitrogens with one attached hydrogen (secondary N) is 1. The lowest BCUT2D eigenvalue weighted by Crippen LogP contribution is -2.11. The van der Waals surface area contributed by atoms with Crippen molar-refractivity contribution in [2.24, 2.45) is 0 Å². The first kappa shape index (κ1) is 12.3. The summed E-state index contributed by atoms with van der Waals surface area (Å²) in [7, 11) is 1.37. The summed E-state index contributed by atoms with van der Waals surface area (Å²) in [5.41, 5.74) is -1.97. The molecule has 1 aromatic carbocycles. The van der Waals surface area contributed by atoms with Crippen LogP contribution in [0, 0.1) is 0 Å². The van der Waals surface area contributed by atoms with Gasteiger partial charge in [0.15, 0.2) is 0 Å². The third kappa shape index (κ3) is 1.87. The largest absolute Gasteiger partial charge is 0.497 e. The number of benzene rings is 1. The summed E-state index contributed by atoms with van der Waals surface area (Å²) < 4.78 is 43.0. The van der Waals surface area contributed by atoms with Crippen LogP contribution < -0.4 is 4.74 Å². The van der Waals surface area contributed by atoms with Crippen molar-refractivity contribution in [1.82, 2.24) is 4.98 Å². The topological polar surface area (TPSA) is 62.3 Å². The number of ether oxygens (including phenoxy) is 1. The molecule has 0 fully saturated rings. The number of H-pyrrole nitrogens is 1. The second kappa shape index (κ2) is 3.94. The van der Waals surface area contributed by atoms with Crippen molar-refractivity contribution in [3.05, 3.63) is 29.5 Å². The molecule has 1 aromatic heterocycles. The van der Waals surface area contributed by atoms with E-state index in [9.17, 15) is 18.0 Å². The molecule has 0 spiro atoms. The Kier molecular flexibility index (Phi) is 2.68. The Morgan fingerprint density at radius 1 is 1.39 bits per heavy atom. The second-order valence-electron chi connectivity index (χ2n) is 3.59. The lowest BCUT2D eigenvalue weighted by atomic mass is 10.1. The second-order valence-corrected chi connectivity index (χ2v) is 3.59. The molecule has 0 aliphatic heterocycles. The van der Waals surface area contributed by atoms with Gasteiger partial charge in [-0.25, -0.2) is 4.79 Å². The van der Waals surface area contributed by atoms with Crippen LogP contribution in [0.15, 0.2) is 18.2 Å². The third-order valence-electron chi connectivity index (χ3n) is 2.50. The molecule has 7 heteroatoms. The molecule has 0 amide bonds. The van der Waals surface area contributed by atoms with Crippen LogP contribution in [0.2, 0.25) is 0 Å². The number of carboxylic acid groups (broad SMARTS) is 1. The number of aromatic nitrogens is 1. The van der Waals surface area contributed by atoms with Gasteiger partial charge in [0.1, 0.15) is 11.4 Å². The fraction of sp³-hybridized carbons (Fsp3) is 0.182. The lowest BCUT2D eigenvalue weighted by molar-refractivity contribution is -0.141. The summed E-state index contributed by atoms with van der Waals surface area (Å²) in [4.78, 5) is 13.0. The van der Waals surface area contributed by atoms with Crippen LogP contribution >= 0.6 is 0 Å². The van der Waals surface area contributed by atoms with Crippen molar-refractivity contribution < 1.29 is 27.8 Å². The van der Waals surface area contributed by atoms with Gasteiger partial charge >= 0.3 is 12.1 Å². The highest BCUT2D eigenvalue weighted by molar-refractivity contribution is 6.05. The number of fused-ring (bicyclic) bond motifs is 1. The Balaban J connectivity index is 2.79. The third-order valence-corrected chi connectivity index (χ3v) is 2.50. The predicted octanol–water partition coefficient (Wildman–Crippen LogP) is 2.89. The van der Waals surface area contributed by atoms with Crippen molar-refractivity contribution in [3.8, 4) is 5.75 Å². The van der Waals surface area contributed by atoms with Crippen LogP contribution in [-0.2, 0) is 6.18 Å². The summed E-state index contributed by atoms with van der Waals surface area (Å²) in [5.74, 6) is -1.28. The molecule has 2 rings (SSSR count). The summed E-state index contributed by atoms with van der Waals surface area (Å²) >= 11 is 0. The smallest absolute Gasteiger partial charge is 0.432 e. The lowest BCUT2D eigenvalue weighted by Gasteiger charge is -2.04. The van der Waals surface area contributed by atoms with Crippen LogP contribution in [0.3, 0.4) is 0 Å². The molecule has 4 nitrogen and oxygen atoms in total. The molecule has 1 heterocycles. The van der Waals surface area contributed by atoms with Gasteiger partial charge in [0.2, 0.25) is 0 Å². The molecule has 2 aromatic rings. The van der Waals surface area contributed by atoms with E-state index in [1.807, 2.05) is 0 Å². The van der Waals surface area contributed by atoms with Gasteiger partial charge in [0.05, 0.1) is 18.2 Å². The molecule has 96 valence electrons. The number of alkyl halides is 3. The van der Waals surface area contributed by atoms with Gasteiger partial charge in [-0.2, -0.15) is 13.2 Å². The number of hydrogen-bond acceptors (Lipinski definition) is 2. The summed E-state index contributed by atoms with van der Waals surface area (Å²) in [5, 5.41) is 8.89. The first-order valence-electron chi connectivity index (χ1n) is 4.85. The number of rotatable bonds is 2. The highest BCUT2D eigenvalue weighted by atomic mass is 19.4. The Hall–Kier alpha value is -2.18. The number of aromatic amines is 1. The van der Waals surface area contributed by atoms with E-state index in [1.165, 1.54) is 25.3 Å². The number of methoxy groups -OCH3 is 1. The van der Waals surface area contributed by atoms with Crippen molar-refractivity contribution in [2.45, 2.75) is 6.18 Å². The Morgan fingerprint density at radius 3 is 2.56 bits per heavy atom. The molecule has 0 saturated heterocycles. The fourth-order valence-corrected chi connectivity index (χ4v) is 1.74. The van der Waals surface area contributed by atoms with Crippen molar-refractivity contribution in [2.75, 3.05) is 7.11 Å². The zero-order valence-electron chi connectivity index (χ0n) is 9.13. The maximum atomic E-state index is 12.7. The maximum Gasteiger partial charge on any atom is 0.432 e. The molecule has 0 aliphatic carbocycles. The Bertz CT molecular complexity index is 616. The van der Waals surface area contributed by atoms with Gasteiger partial charge in [0, 0.05) is 11.5 Å². The van der Waals surface area contributed by atoms with Crippen molar-refractivity contribution in [1.29, 1.82) is 0 Å². The highest BCUT2D eigenvalue weighted by Crippen LogP contribution is 2.36. The van der Waals surface area contributed by atoms with E-state index in [-0.39, 0.29) is 10.9 Å². The van der Waals surface area contributed by atoms with Gasteiger partial charge in [-0.15, -0.1) is 0 Å². The monoisotopic (exact) mass is 259 g/mol. The molecule has 0 radical (unpaired) electrons. The van der Waals surface area contributed by atoms with E-state index in [0.29, 0.717) is 5.75 Å². The molecule has 0 bridgehead atoms. The van der Waals surface area contributed by atoms with Crippen LogP contribution in [-0.4, -0.2) is 23.2 Å². The van der Waals surface area contributed by atoms with Crippen LogP contribution in [0.4, 0.5) is 13.2 Å². The predicted molar refractivity (Wildman–Crippen MR) is 56.8 cm³/mol. The molecular formula is C11H8F3NO3. The molecule has 0 saturated carbocycles. The first-order chi connectivity index (χ1) is 8.34. The zero-order chi connectivity index (χ0) is 13.5. The van der Waals surface area contributed by atoms with Gasteiger partial charge < -0.3 is 14.8 Å². The van der Waals surface area contributed by atoms with Gasteiger partial charge in [-0.3, -0.25) is 0 Å². The molecule has 2 N–H and O–H groups in total. The maximum absolute atomic E-state index is 12.7. The number of carboxylic acids is 1. The Labute approximate surface area is 99.0 Å². The molecule has 0 atom stereocenters. The normalized spacial score (nSPS) is 11.8. The molecule has 0 aliphatic rings. The number of halogens is 3. The first-order valence-corrected chi connectivity index (χ1v) is 4.85. The van der Waals surface area contributed by atoms with Crippen LogP contribution in [0.1, 0.15) is 16.1 Å². The van der Waals surface area contributed by atoms with Crippen LogP contribution in [0.25, 0.3) is 10.9 Å². The Morgan fingerprint density at radius 2 is 2.06 bits per heavy atom. The van der Waals surface area contributed by atoms with Crippen molar-refractivity contribution >= 4 is 16.9 Å². The van der Waals surface area contributed by atoms with Gasteiger partial charge in [-0.1, -0.05) is 0 Å². The van der Waals surface area contributed by atoms with E-state index in [1.54, 1.807) is 0 Å². The minimum atomic E-state index is -4.75. The summed E-state index contributed by atoms with van der Waals surface area (Å²) in [6.45, 7) is 0. The fourth-order valence-electron chi connectivity index (χ4n) is 1.74. The zero-order valence-corrected chi connectivity index (χ0v) is 9.13. The van der Waals surface area contributed by atoms with Gasteiger partial charge in [-0.05, 0) is 12.1 Å². The molecule has 0 unspecified atom stereocenters. The average Bonchev–Trinajstić information content (AvgIpc) is 2.66. The SMILES string of the molecule is COc1ccc2c(C(=O)O)c(C(F)(F)F)[nH]c2c1. The van der Waals surface area contributed by atoms with Gasteiger partial charge in [0.25, 0.3) is 0 Å². The van der Waals surface area contributed by atoms with Crippen LogP contribution in [0.5, 0.6) is 5.75 Å². The number of aromatic carboxylic acids is 1. The highest BCUT2D eigenvalue weighted by Gasteiger charge is 2.38. The average molecular weight is 259 g/mol. The summed E-state index contributed by atoms with van der Waals surface area (Å²) in [6, 6.07) is 4.00. The molecule has 18 heavy (non-hydrogen) atoms. The minimum absolute atomic E-state index is 0.00405. The standard InChI is InChI=1S/C11H8F3NO3/c1-18-5-2-3-6-7(4-5)15-9(11(12,13)14)8(6)10(16)17/h2-4,15H,1H3,(H,16,17).